The van der Waals surface area contributed by atoms with Gasteiger partial charge in [-0.05, 0) is 19.9 Å². The first-order chi connectivity index (χ1) is 12.5. The molecule has 150 valence electrons. The van der Waals surface area contributed by atoms with Crippen molar-refractivity contribution in [2.24, 2.45) is 4.99 Å². The topological polar surface area (TPSA) is 77.0 Å². The number of hydrogen-bond acceptors (Lipinski definition) is 6. The van der Waals surface area contributed by atoms with Gasteiger partial charge in [0, 0.05) is 30.1 Å². The third kappa shape index (κ3) is 6.13. The van der Waals surface area contributed by atoms with Gasteiger partial charge in [0.2, 0.25) is 0 Å². The summed E-state index contributed by atoms with van der Waals surface area (Å²) in [6.45, 7) is 5.24. The molecule has 27 heavy (non-hydrogen) atoms. The van der Waals surface area contributed by atoms with Gasteiger partial charge >= 0.3 is 0 Å². The van der Waals surface area contributed by atoms with Crippen molar-refractivity contribution in [3.05, 3.63) is 33.3 Å². The Morgan fingerprint density at radius 1 is 1.00 bits per heavy atom. The Labute approximate surface area is 181 Å². The number of nitrogens with one attached hydrogen (secondary N) is 2. The fraction of sp³-hybridized carbons (Fsp3) is 0.444. The second kappa shape index (κ2) is 11.2. The minimum atomic E-state index is 0. The number of hydrogen-bond donors (Lipinski definition) is 2. The predicted molar refractivity (Wildman–Crippen MR) is 120 cm³/mol. The lowest BCUT2D eigenvalue weighted by Gasteiger charge is -2.16. The molecule has 0 unspecified atom stereocenters. The zero-order valence-corrected chi connectivity index (χ0v) is 19.7. The number of rotatable bonds is 7. The summed E-state index contributed by atoms with van der Waals surface area (Å²) in [6.07, 6.45) is 0. The van der Waals surface area contributed by atoms with Gasteiger partial charge in [-0.25, -0.2) is 4.98 Å². The van der Waals surface area contributed by atoms with Crippen LogP contribution < -0.4 is 24.8 Å². The first-order valence-electron chi connectivity index (χ1n) is 8.18. The van der Waals surface area contributed by atoms with Crippen molar-refractivity contribution in [2.75, 3.05) is 28.4 Å². The van der Waals surface area contributed by atoms with Gasteiger partial charge in [0.25, 0.3) is 0 Å². The van der Waals surface area contributed by atoms with E-state index in [0.717, 1.165) is 22.0 Å². The van der Waals surface area contributed by atoms with Crippen LogP contribution in [0.3, 0.4) is 0 Å². The molecule has 9 heteroatoms. The first kappa shape index (κ1) is 23.3. The smallest absolute Gasteiger partial charge is 0.191 e. The summed E-state index contributed by atoms with van der Waals surface area (Å²) in [4.78, 5) is 9.91. The molecule has 0 fully saturated rings. The summed E-state index contributed by atoms with van der Waals surface area (Å²) < 4.78 is 16.1. The molecule has 2 aromatic rings. The highest BCUT2D eigenvalue weighted by Crippen LogP contribution is 2.34. The van der Waals surface area contributed by atoms with Gasteiger partial charge in [-0.15, -0.1) is 35.3 Å². The van der Waals surface area contributed by atoms with Crippen LogP contribution in [0, 0.1) is 13.8 Å². The van der Waals surface area contributed by atoms with E-state index in [1.54, 1.807) is 39.7 Å². The van der Waals surface area contributed by atoms with E-state index in [4.69, 9.17) is 14.2 Å². The Balaban J connectivity index is 0.00000364. The zero-order chi connectivity index (χ0) is 19.1. The molecule has 0 atom stereocenters. The SMILES string of the molecule is CN=C(NCc1cc(OC)c(OC)cc1OC)NCc1sc(C)nc1C.I. The number of aromatic nitrogens is 1. The van der Waals surface area contributed by atoms with Crippen LogP contribution in [0.2, 0.25) is 0 Å². The molecule has 1 aromatic carbocycles. The Hall–Kier alpha value is -1.75. The van der Waals surface area contributed by atoms with Crippen molar-refractivity contribution in [2.45, 2.75) is 26.9 Å². The molecule has 2 rings (SSSR count). The standard InChI is InChI=1S/C18H26N4O3S.HI/c1-11-17(26-12(2)22-11)10-21-18(19-3)20-9-13-7-15(24-5)16(25-6)8-14(13)23-4;/h7-8H,9-10H2,1-6H3,(H2,19,20,21);1H. The third-order valence-corrected chi connectivity index (χ3v) is 4.95. The van der Waals surface area contributed by atoms with Crippen molar-refractivity contribution in [3.63, 3.8) is 0 Å². The van der Waals surface area contributed by atoms with E-state index in [2.05, 4.69) is 20.6 Å². The fourth-order valence-corrected chi connectivity index (χ4v) is 3.41. The van der Waals surface area contributed by atoms with Gasteiger partial charge in [0.05, 0.1) is 38.6 Å². The van der Waals surface area contributed by atoms with Crippen molar-refractivity contribution in [1.82, 2.24) is 15.6 Å². The Morgan fingerprint density at radius 2 is 1.59 bits per heavy atom. The number of benzene rings is 1. The minimum absolute atomic E-state index is 0. The van der Waals surface area contributed by atoms with E-state index in [1.807, 2.05) is 26.0 Å². The van der Waals surface area contributed by atoms with E-state index in [9.17, 15) is 0 Å². The van der Waals surface area contributed by atoms with Gasteiger partial charge in [0.1, 0.15) is 5.75 Å². The Kier molecular flexibility index (Phi) is 9.64. The lowest BCUT2D eigenvalue weighted by atomic mass is 10.1. The molecule has 0 bridgehead atoms. The van der Waals surface area contributed by atoms with Crippen molar-refractivity contribution in [3.8, 4) is 17.2 Å². The number of thiazole rings is 1. The molecule has 0 radical (unpaired) electrons. The molecule has 0 aliphatic carbocycles. The van der Waals surface area contributed by atoms with Crippen LogP contribution >= 0.6 is 35.3 Å². The quantitative estimate of drug-likeness (QED) is 0.341. The van der Waals surface area contributed by atoms with E-state index in [1.165, 1.54) is 4.88 Å². The molecule has 0 amide bonds. The van der Waals surface area contributed by atoms with Crippen molar-refractivity contribution in [1.29, 1.82) is 0 Å². The summed E-state index contributed by atoms with van der Waals surface area (Å²) in [5, 5.41) is 7.67. The van der Waals surface area contributed by atoms with Crippen LogP contribution in [0.15, 0.2) is 17.1 Å². The second-order valence-electron chi connectivity index (χ2n) is 5.54. The van der Waals surface area contributed by atoms with E-state index >= 15 is 0 Å². The molecule has 1 aromatic heterocycles. The number of methoxy groups -OCH3 is 3. The van der Waals surface area contributed by atoms with Gasteiger partial charge in [-0.1, -0.05) is 0 Å². The van der Waals surface area contributed by atoms with Crippen LogP contribution in [-0.4, -0.2) is 39.3 Å². The number of nitrogens with zero attached hydrogens (tertiary/aromatic N) is 2. The lowest BCUT2D eigenvalue weighted by Crippen LogP contribution is -2.36. The Morgan fingerprint density at radius 3 is 2.11 bits per heavy atom. The van der Waals surface area contributed by atoms with Gasteiger partial charge in [0.15, 0.2) is 17.5 Å². The highest BCUT2D eigenvalue weighted by molar-refractivity contribution is 14.0. The van der Waals surface area contributed by atoms with Crippen molar-refractivity contribution < 1.29 is 14.2 Å². The maximum absolute atomic E-state index is 5.46. The largest absolute Gasteiger partial charge is 0.496 e. The first-order valence-corrected chi connectivity index (χ1v) is 9.00. The fourth-order valence-electron chi connectivity index (χ4n) is 2.53. The minimum Gasteiger partial charge on any atom is -0.496 e. The predicted octanol–water partition coefficient (Wildman–Crippen LogP) is 3.27. The molecular formula is C18H27IN4O3S. The highest BCUT2D eigenvalue weighted by Gasteiger charge is 2.12. The monoisotopic (exact) mass is 506 g/mol. The van der Waals surface area contributed by atoms with Gasteiger partial charge < -0.3 is 24.8 Å². The summed E-state index contributed by atoms with van der Waals surface area (Å²) in [7, 11) is 6.59. The summed E-state index contributed by atoms with van der Waals surface area (Å²) in [6, 6.07) is 3.71. The van der Waals surface area contributed by atoms with Crippen LogP contribution in [0.5, 0.6) is 17.2 Å². The number of aryl methyl sites for hydroxylation is 2. The molecule has 0 saturated heterocycles. The van der Waals surface area contributed by atoms with E-state index in [0.29, 0.717) is 30.5 Å². The maximum Gasteiger partial charge on any atom is 0.191 e. The molecular weight excluding hydrogens is 479 g/mol. The van der Waals surface area contributed by atoms with Crippen LogP contribution in [-0.2, 0) is 13.1 Å². The second-order valence-corrected chi connectivity index (χ2v) is 6.83. The van der Waals surface area contributed by atoms with E-state index < -0.39 is 0 Å². The molecule has 0 aliphatic heterocycles. The summed E-state index contributed by atoms with van der Waals surface area (Å²) in [5.41, 5.74) is 2.00. The maximum atomic E-state index is 5.46. The number of ether oxygens (including phenoxy) is 3. The van der Waals surface area contributed by atoms with Gasteiger partial charge in [-0.3, -0.25) is 4.99 Å². The number of halogens is 1. The van der Waals surface area contributed by atoms with Gasteiger partial charge in [-0.2, -0.15) is 0 Å². The molecule has 0 aliphatic rings. The van der Waals surface area contributed by atoms with Crippen molar-refractivity contribution >= 4 is 41.3 Å². The summed E-state index contributed by atoms with van der Waals surface area (Å²) in [5.74, 6) is 2.71. The zero-order valence-electron chi connectivity index (χ0n) is 16.5. The van der Waals surface area contributed by atoms with E-state index in [-0.39, 0.29) is 24.0 Å². The highest BCUT2D eigenvalue weighted by atomic mass is 127. The molecule has 1 heterocycles. The normalized spacial score (nSPS) is 10.8. The molecule has 0 spiro atoms. The number of aliphatic imine (C=N–C) groups is 1. The molecule has 2 N–H and O–H groups in total. The van der Waals surface area contributed by atoms with Crippen LogP contribution in [0.25, 0.3) is 0 Å². The number of guanidine groups is 1. The summed E-state index contributed by atoms with van der Waals surface area (Å²) >= 11 is 1.69. The molecule has 0 saturated carbocycles. The van der Waals surface area contributed by atoms with Crippen LogP contribution in [0.1, 0.15) is 21.1 Å². The average Bonchev–Trinajstić information content (AvgIpc) is 2.98. The Bertz CT molecular complexity index is 780. The lowest BCUT2D eigenvalue weighted by molar-refractivity contribution is 0.347. The van der Waals surface area contributed by atoms with Crippen LogP contribution in [0.4, 0.5) is 0 Å². The average molecular weight is 506 g/mol. The third-order valence-electron chi connectivity index (χ3n) is 3.87. The molecule has 7 nitrogen and oxygen atoms in total.